The Hall–Kier alpha value is -2.97. The van der Waals surface area contributed by atoms with Crippen molar-refractivity contribution in [1.29, 1.82) is 0 Å². The first kappa shape index (κ1) is 16.5. The number of carbonyl (C=O) groups is 3. The highest BCUT2D eigenvalue weighted by atomic mass is 16.6. The zero-order valence-electron chi connectivity index (χ0n) is 14.5. The molecule has 4 amide bonds. The summed E-state index contributed by atoms with van der Waals surface area (Å²) in [5.41, 5.74) is -0.0809. The molecule has 2 saturated heterocycles. The van der Waals surface area contributed by atoms with Gasteiger partial charge in [0.1, 0.15) is 0 Å². The zero-order valence-corrected chi connectivity index (χ0v) is 14.5. The number of benzene rings is 1. The number of imide groups is 2. The summed E-state index contributed by atoms with van der Waals surface area (Å²) in [6.45, 7) is 0.666. The van der Waals surface area contributed by atoms with E-state index < -0.39 is 28.2 Å². The predicted molar refractivity (Wildman–Crippen MR) is 90.5 cm³/mol. The van der Waals surface area contributed by atoms with Crippen LogP contribution in [-0.4, -0.2) is 59.3 Å². The van der Waals surface area contributed by atoms with Crippen LogP contribution in [0.4, 0.5) is 16.2 Å². The lowest BCUT2D eigenvalue weighted by Gasteiger charge is -2.50. The highest BCUT2D eigenvalue weighted by Gasteiger charge is 2.63. The average molecular weight is 358 g/mol. The predicted octanol–water partition coefficient (Wildman–Crippen LogP) is 1.16. The van der Waals surface area contributed by atoms with E-state index >= 15 is 0 Å². The number of hydrogen-bond donors (Lipinski definition) is 0. The summed E-state index contributed by atoms with van der Waals surface area (Å²) in [6, 6.07) is 3.56. The standard InChI is InChI=1S/C17H18N4O5/c1-18-14(22)17(15(23)19(2)16(18)24)9-10-8-11(21(25)26)5-6-12(10)20-7-3-4-13(17)20/h5-6,8,13H,3-4,7,9H2,1-2H3/t13-/m0/s1. The summed E-state index contributed by atoms with van der Waals surface area (Å²) >= 11 is 0. The molecule has 0 radical (unpaired) electrons. The second-order valence-corrected chi connectivity index (χ2v) is 7.08. The van der Waals surface area contributed by atoms with Gasteiger partial charge in [-0.1, -0.05) is 0 Å². The average Bonchev–Trinajstić information content (AvgIpc) is 3.13. The van der Waals surface area contributed by atoms with Crippen LogP contribution in [0.5, 0.6) is 0 Å². The van der Waals surface area contributed by atoms with Crippen LogP contribution in [0.25, 0.3) is 0 Å². The van der Waals surface area contributed by atoms with Crippen molar-refractivity contribution in [2.24, 2.45) is 5.41 Å². The molecule has 3 aliphatic heterocycles. The second kappa shape index (κ2) is 5.26. The lowest BCUT2D eigenvalue weighted by molar-refractivity contribution is -0.384. The third-order valence-corrected chi connectivity index (χ3v) is 5.82. The molecule has 1 aromatic carbocycles. The first-order valence-corrected chi connectivity index (χ1v) is 8.43. The topological polar surface area (TPSA) is 104 Å². The van der Waals surface area contributed by atoms with Crippen LogP contribution in [0.2, 0.25) is 0 Å². The molecule has 136 valence electrons. The molecule has 9 nitrogen and oxygen atoms in total. The maximum Gasteiger partial charge on any atom is 0.332 e. The van der Waals surface area contributed by atoms with Gasteiger partial charge in [0.05, 0.1) is 11.0 Å². The molecule has 2 fully saturated rings. The molecular formula is C17H18N4O5. The number of hydrogen-bond acceptors (Lipinski definition) is 6. The van der Waals surface area contributed by atoms with Gasteiger partial charge in [-0.25, -0.2) is 4.79 Å². The SMILES string of the molecule is CN1C(=O)N(C)C(=O)C2(Cc3cc([N+](=O)[O-])ccc3N3CCC[C@H]32)C1=O. The first-order valence-electron chi connectivity index (χ1n) is 8.43. The largest absolute Gasteiger partial charge is 0.367 e. The molecule has 9 heteroatoms. The van der Waals surface area contributed by atoms with E-state index in [-0.39, 0.29) is 18.2 Å². The van der Waals surface area contributed by atoms with E-state index in [1.165, 1.54) is 26.2 Å². The van der Waals surface area contributed by atoms with Gasteiger partial charge in [-0.2, -0.15) is 0 Å². The van der Waals surface area contributed by atoms with Crippen LogP contribution in [-0.2, 0) is 16.0 Å². The summed E-state index contributed by atoms with van der Waals surface area (Å²) in [5, 5.41) is 11.2. The Labute approximate surface area is 149 Å². The fourth-order valence-electron chi connectivity index (χ4n) is 4.62. The van der Waals surface area contributed by atoms with E-state index in [2.05, 4.69) is 0 Å². The summed E-state index contributed by atoms with van der Waals surface area (Å²) < 4.78 is 0. The number of carbonyl (C=O) groups excluding carboxylic acids is 3. The summed E-state index contributed by atoms with van der Waals surface area (Å²) in [4.78, 5) is 53.1. The minimum atomic E-state index is -1.42. The Bertz CT molecular complexity index is 843. The number of rotatable bonds is 1. The second-order valence-electron chi connectivity index (χ2n) is 7.08. The molecule has 1 aromatic rings. The Morgan fingerprint density at radius 2 is 1.81 bits per heavy atom. The summed E-state index contributed by atoms with van der Waals surface area (Å²) in [6.07, 6.45) is 1.53. The maximum absolute atomic E-state index is 13.1. The third kappa shape index (κ3) is 1.88. The fourth-order valence-corrected chi connectivity index (χ4v) is 4.62. The van der Waals surface area contributed by atoms with Gasteiger partial charge in [0.2, 0.25) is 11.8 Å². The lowest BCUT2D eigenvalue weighted by atomic mass is 9.68. The van der Waals surface area contributed by atoms with Gasteiger partial charge in [0.15, 0.2) is 5.41 Å². The number of fused-ring (bicyclic) bond motifs is 4. The van der Waals surface area contributed by atoms with Gasteiger partial charge >= 0.3 is 6.03 Å². The van der Waals surface area contributed by atoms with Crippen molar-refractivity contribution in [2.75, 3.05) is 25.5 Å². The Kier molecular flexibility index (Phi) is 3.34. The first-order chi connectivity index (χ1) is 12.3. The molecule has 0 unspecified atom stereocenters. The third-order valence-electron chi connectivity index (χ3n) is 5.82. The smallest absolute Gasteiger partial charge is 0.332 e. The lowest BCUT2D eigenvalue weighted by Crippen LogP contribution is -2.70. The number of non-ortho nitro benzene ring substituents is 1. The number of urea groups is 1. The van der Waals surface area contributed by atoms with Crippen LogP contribution in [0.3, 0.4) is 0 Å². The molecule has 26 heavy (non-hydrogen) atoms. The van der Waals surface area contributed by atoms with E-state index in [1.807, 2.05) is 4.90 Å². The molecular weight excluding hydrogens is 340 g/mol. The fraction of sp³-hybridized carbons (Fsp3) is 0.471. The van der Waals surface area contributed by atoms with Crippen LogP contribution >= 0.6 is 0 Å². The molecule has 1 spiro atoms. The van der Waals surface area contributed by atoms with E-state index in [0.717, 1.165) is 21.9 Å². The number of barbiturate groups is 1. The minimum Gasteiger partial charge on any atom is -0.367 e. The highest BCUT2D eigenvalue weighted by Crippen LogP contribution is 2.49. The molecule has 0 aromatic heterocycles. The number of nitro benzene ring substituents is 1. The number of amides is 4. The number of nitro groups is 1. The molecule has 0 N–H and O–H groups in total. The van der Waals surface area contributed by atoms with Crippen LogP contribution < -0.4 is 4.90 Å². The van der Waals surface area contributed by atoms with Crippen molar-refractivity contribution in [3.05, 3.63) is 33.9 Å². The minimum absolute atomic E-state index is 0.0603. The highest BCUT2D eigenvalue weighted by molar-refractivity contribution is 6.20. The summed E-state index contributed by atoms with van der Waals surface area (Å²) in [5.74, 6) is -1.06. The zero-order chi connectivity index (χ0) is 18.8. The Morgan fingerprint density at radius 3 is 2.42 bits per heavy atom. The Balaban J connectivity index is 1.91. The van der Waals surface area contributed by atoms with Gasteiger partial charge < -0.3 is 4.90 Å². The van der Waals surface area contributed by atoms with Crippen molar-refractivity contribution in [3.63, 3.8) is 0 Å². The quantitative estimate of drug-likeness (QED) is 0.424. The maximum atomic E-state index is 13.1. The van der Waals surface area contributed by atoms with E-state index in [0.29, 0.717) is 18.5 Å². The van der Waals surface area contributed by atoms with Crippen LogP contribution in [0.15, 0.2) is 18.2 Å². The van der Waals surface area contributed by atoms with Crippen molar-refractivity contribution in [2.45, 2.75) is 25.3 Å². The molecule has 0 aliphatic carbocycles. The molecule has 1 atom stereocenters. The number of anilines is 1. The van der Waals surface area contributed by atoms with Crippen molar-refractivity contribution >= 4 is 29.2 Å². The van der Waals surface area contributed by atoms with Crippen molar-refractivity contribution in [3.8, 4) is 0 Å². The molecule has 3 aliphatic rings. The Morgan fingerprint density at radius 1 is 1.15 bits per heavy atom. The van der Waals surface area contributed by atoms with Gasteiger partial charge in [-0.15, -0.1) is 0 Å². The van der Waals surface area contributed by atoms with E-state index in [4.69, 9.17) is 0 Å². The molecule has 4 rings (SSSR count). The van der Waals surface area contributed by atoms with Gasteiger partial charge in [0.25, 0.3) is 5.69 Å². The number of nitrogens with zero attached hydrogens (tertiary/aromatic N) is 4. The summed E-state index contributed by atoms with van der Waals surface area (Å²) in [7, 11) is 2.75. The van der Waals surface area contributed by atoms with Gasteiger partial charge in [0, 0.05) is 44.9 Å². The van der Waals surface area contributed by atoms with Crippen molar-refractivity contribution < 1.29 is 19.3 Å². The molecule has 0 bridgehead atoms. The molecule has 3 heterocycles. The van der Waals surface area contributed by atoms with Gasteiger partial charge in [-0.3, -0.25) is 29.5 Å². The van der Waals surface area contributed by atoms with Crippen LogP contribution in [0, 0.1) is 15.5 Å². The van der Waals surface area contributed by atoms with Crippen molar-refractivity contribution in [1.82, 2.24) is 9.80 Å². The normalized spacial score (nSPS) is 24.2. The van der Waals surface area contributed by atoms with E-state index in [1.54, 1.807) is 6.07 Å². The van der Waals surface area contributed by atoms with Gasteiger partial charge in [-0.05, 0) is 24.5 Å². The molecule has 0 saturated carbocycles. The van der Waals surface area contributed by atoms with E-state index in [9.17, 15) is 24.5 Å². The monoisotopic (exact) mass is 358 g/mol. The van der Waals surface area contributed by atoms with Crippen LogP contribution in [0.1, 0.15) is 18.4 Å².